The molecule has 0 aromatic heterocycles. The zero-order valence-electron chi connectivity index (χ0n) is 12.1. The van der Waals surface area contributed by atoms with E-state index in [-0.39, 0.29) is 18.0 Å². The minimum atomic E-state index is -0.581. The molecule has 2 rings (SSSR count). The lowest BCUT2D eigenvalue weighted by Gasteiger charge is -2.09. The summed E-state index contributed by atoms with van der Waals surface area (Å²) in [6, 6.07) is 8.84. The Morgan fingerprint density at radius 3 is 2.43 bits per heavy atom. The molecule has 0 heterocycles. The highest BCUT2D eigenvalue weighted by Gasteiger charge is 2.09. The maximum atomic E-state index is 13.5. The predicted octanol–water partition coefficient (Wildman–Crippen LogP) is 4.27. The SMILES string of the molecule is CC(=O)Nc1cc(NC(=O)Cc2ccc(Cl)c(Cl)c2)ccc1F. The Morgan fingerprint density at radius 1 is 1.04 bits per heavy atom. The molecule has 0 aliphatic heterocycles. The third kappa shape index (κ3) is 4.94. The number of carbonyl (C=O) groups excluding carboxylic acids is 2. The van der Waals surface area contributed by atoms with Crippen LogP contribution in [0.2, 0.25) is 10.0 Å². The molecular formula is C16H13Cl2FN2O2. The van der Waals surface area contributed by atoms with E-state index in [0.717, 1.165) is 0 Å². The topological polar surface area (TPSA) is 58.2 Å². The van der Waals surface area contributed by atoms with E-state index < -0.39 is 11.7 Å². The number of rotatable bonds is 4. The molecule has 7 heteroatoms. The molecule has 2 amide bonds. The van der Waals surface area contributed by atoms with E-state index in [2.05, 4.69) is 10.6 Å². The molecule has 0 aliphatic carbocycles. The van der Waals surface area contributed by atoms with Crippen molar-refractivity contribution in [1.82, 2.24) is 0 Å². The Balaban J connectivity index is 2.07. The zero-order valence-corrected chi connectivity index (χ0v) is 13.6. The highest BCUT2D eigenvalue weighted by Crippen LogP contribution is 2.23. The van der Waals surface area contributed by atoms with E-state index in [1.54, 1.807) is 18.2 Å². The molecule has 0 unspecified atom stereocenters. The summed E-state index contributed by atoms with van der Waals surface area (Å²) in [4.78, 5) is 23.0. The second-order valence-corrected chi connectivity index (χ2v) is 5.66. The van der Waals surface area contributed by atoms with Gasteiger partial charge in [0.05, 0.1) is 22.2 Å². The van der Waals surface area contributed by atoms with Crippen LogP contribution in [0.25, 0.3) is 0 Å². The van der Waals surface area contributed by atoms with Crippen molar-refractivity contribution in [2.45, 2.75) is 13.3 Å². The minimum absolute atomic E-state index is 0.00448. The Morgan fingerprint density at radius 2 is 1.78 bits per heavy atom. The summed E-state index contributed by atoms with van der Waals surface area (Å²) in [7, 11) is 0. The minimum Gasteiger partial charge on any atom is -0.326 e. The van der Waals surface area contributed by atoms with Gasteiger partial charge in [-0.05, 0) is 35.9 Å². The van der Waals surface area contributed by atoms with Gasteiger partial charge in [-0.25, -0.2) is 4.39 Å². The predicted molar refractivity (Wildman–Crippen MR) is 89.5 cm³/mol. The maximum absolute atomic E-state index is 13.5. The third-order valence-corrected chi connectivity index (χ3v) is 3.65. The first kappa shape index (κ1) is 17.2. The second kappa shape index (κ2) is 7.44. The number of amides is 2. The van der Waals surface area contributed by atoms with Gasteiger partial charge in [-0.2, -0.15) is 0 Å². The molecule has 2 N–H and O–H groups in total. The smallest absolute Gasteiger partial charge is 0.228 e. The van der Waals surface area contributed by atoms with Crippen LogP contribution in [-0.4, -0.2) is 11.8 Å². The Bertz CT molecular complexity index is 766. The fourth-order valence-corrected chi connectivity index (χ4v) is 2.25. The number of halogens is 3. The Hall–Kier alpha value is -2.11. The highest BCUT2D eigenvalue weighted by molar-refractivity contribution is 6.42. The second-order valence-electron chi connectivity index (χ2n) is 4.85. The van der Waals surface area contributed by atoms with Crippen LogP contribution in [0, 0.1) is 5.82 Å². The highest BCUT2D eigenvalue weighted by atomic mass is 35.5. The first-order chi connectivity index (χ1) is 10.8. The van der Waals surface area contributed by atoms with Crippen molar-refractivity contribution >= 4 is 46.4 Å². The van der Waals surface area contributed by atoms with Gasteiger partial charge in [0, 0.05) is 12.6 Å². The molecule has 0 bridgehead atoms. The molecule has 0 atom stereocenters. The summed E-state index contributed by atoms with van der Waals surface area (Å²) in [6.45, 7) is 1.27. The van der Waals surface area contributed by atoms with Crippen molar-refractivity contribution in [2.24, 2.45) is 0 Å². The van der Waals surface area contributed by atoms with E-state index in [9.17, 15) is 14.0 Å². The maximum Gasteiger partial charge on any atom is 0.228 e. The van der Waals surface area contributed by atoms with E-state index in [4.69, 9.17) is 23.2 Å². The monoisotopic (exact) mass is 354 g/mol. The Labute approximate surface area is 142 Å². The average molecular weight is 355 g/mol. The lowest BCUT2D eigenvalue weighted by Crippen LogP contribution is -2.15. The summed E-state index contributed by atoms with van der Waals surface area (Å²) >= 11 is 11.7. The molecule has 4 nitrogen and oxygen atoms in total. The van der Waals surface area contributed by atoms with Gasteiger partial charge >= 0.3 is 0 Å². The molecule has 2 aromatic carbocycles. The molecule has 0 spiro atoms. The first-order valence-corrected chi connectivity index (χ1v) is 7.41. The molecule has 0 saturated heterocycles. The summed E-state index contributed by atoms with van der Waals surface area (Å²) in [5, 5.41) is 5.76. The summed E-state index contributed by atoms with van der Waals surface area (Å²) in [6.07, 6.45) is 0.0870. The van der Waals surface area contributed by atoms with Crippen LogP contribution in [0.5, 0.6) is 0 Å². The number of carbonyl (C=O) groups is 2. The van der Waals surface area contributed by atoms with Crippen LogP contribution in [0.1, 0.15) is 12.5 Å². The molecule has 0 saturated carbocycles. The van der Waals surface area contributed by atoms with E-state index in [1.165, 1.54) is 25.1 Å². The van der Waals surface area contributed by atoms with Crippen LogP contribution in [-0.2, 0) is 16.0 Å². The van der Waals surface area contributed by atoms with E-state index in [1.807, 2.05) is 0 Å². The van der Waals surface area contributed by atoms with Gasteiger partial charge in [0.1, 0.15) is 5.82 Å². The van der Waals surface area contributed by atoms with Gasteiger partial charge in [-0.15, -0.1) is 0 Å². The lowest BCUT2D eigenvalue weighted by atomic mass is 10.1. The average Bonchev–Trinajstić information content (AvgIpc) is 2.46. The van der Waals surface area contributed by atoms with Gasteiger partial charge < -0.3 is 10.6 Å². The van der Waals surface area contributed by atoms with Crippen molar-refractivity contribution in [3.8, 4) is 0 Å². The van der Waals surface area contributed by atoms with Crippen molar-refractivity contribution in [1.29, 1.82) is 0 Å². The number of benzene rings is 2. The van der Waals surface area contributed by atoms with E-state index in [0.29, 0.717) is 21.3 Å². The summed E-state index contributed by atoms with van der Waals surface area (Å²) in [5.74, 6) is -1.28. The van der Waals surface area contributed by atoms with Gasteiger partial charge in [0.25, 0.3) is 0 Å². The number of hydrogen-bond donors (Lipinski definition) is 2. The number of anilines is 2. The normalized spacial score (nSPS) is 10.3. The molecule has 23 heavy (non-hydrogen) atoms. The van der Waals surface area contributed by atoms with Crippen molar-refractivity contribution in [3.63, 3.8) is 0 Å². The molecular weight excluding hydrogens is 342 g/mol. The van der Waals surface area contributed by atoms with Crippen molar-refractivity contribution in [3.05, 3.63) is 57.8 Å². The van der Waals surface area contributed by atoms with Gasteiger partial charge in [0.2, 0.25) is 11.8 Å². The first-order valence-electron chi connectivity index (χ1n) is 6.66. The van der Waals surface area contributed by atoms with Crippen molar-refractivity contribution < 1.29 is 14.0 Å². The standard InChI is InChI=1S/C16H13Cl2FN2O2/c1-9(22)20-15-8-11(3-5-14(15)19)21-16(23)7-10-2-4-12(17)13(18)6-10/h2-6,8H,7H2,1H3,(H,20,22)(H,21,23). The van der Waals surface area contributed by atoms with Crippen LogP contribution in [0.3, 0.4) is 0 Å². The van der Waals surface area contributed by atoms with Gasteiger partial charge in [0.15, 0.2) is 0 Å². The zero-order chi connectivity index (χ0) is 17.0. The molecule has 0 radical (unpaired) electrons. The fourth-order valence-electron chi connectivity index (χ4n) is 1.93. The quantitative estimate of drug-likeness (QED) is 0.861. The van der Waals surface area contributed by atoms with E-state index >= 15 is 0 Å². The fraction of sp³-hybridized carbons (Fsp3) is 0.125. The molecule has 0 aliphatic rings. The molecule has 2 aromatic rings. The summed E-state index contributed by atoms with van der Waals surface area (Å²) < 4.78 is 13.5. The van der Waals surface area contributed by atoms with Crippen LogP contribution >= 0.6 is 23.2 Å². The molecule has 0 fully saturated rings. The molecule has 120 valence electrons. The van der Waals surface area contributed by atoms with Gasteiger partial charge in [-0.3, -0.25) is 9.59 Å². The van der Waals surface area contributed by atoms with Crippen LogP contribution in [0.15, 0.2) is 36.4 Å². The van der Waals surface area contributed by atoms with Crippen LogP contribution in [0.4, 0.5) is 15.8 Å². The van der Waals surface area contributed by atoms with Gasteiger partial charge in [-0.1, -0.05) is 29.3 Å². The van der Waals surface area contributed by atoms with Crippen molar-refractivity contribution in [2.75, 3.05) is 10.6 Å². The summed E-state index contributed by atoms with van der Waals surface area (Å²) in [5.41, 5.74) is 1.08. The Kier molecular flexibility index (Phi) is 5.58. The largest absolute Gasteiger partial charge is 0.326 e. The van der Waals surface area contributed by atoms with Crippen LogP contribution < -0.4 is 10.6 Å². The third-order valence-electron chi connectivity index (χ3n) is 2.91. The lowest BCUT2D eigenvalue weighted by molar-refractivity contribution is -0.115. The number of hydrogen-bond acceptors (Lipinski definition) is 2. The number of nitrogens with one attached hydrogen (secondary N) is 2.